The van der Waals surface area contributed by atoms with Gasteiger partial charge in [0.25, 0.3) is 5.56 Å². The molecular weight excluding hydrogens is 272 g/mol. The molecular formula is C11H12N2OS3. The second kappa shape index (κ2) is 5.75. The second-order valence-electron chi connectivity index (χ2n) is 3.41. The van der Waals surface area contributed by atoms with Crippen molar-refractivity contribution in [1.82, 2.24) is 9.78 Å². The number of hydrogen-bond donors (Lipinski definition) is 1. The molecule has 0 bridgehead atoms. The van der Waals surface area contributed by atoms with Crippen LogP contribution in [0.3, 0.4) is 0 Å². The van der Waals surface area contributed by atoms with Gasteiger partial charge in [-0.15, -0.1) is 11.3 Å². The van der Waals surface area contributed by atoms with Gasteiger partial charge >= 0.3 is 0 Å². The Labute approximate surface area is 113 Å². The van der Waals surface area contributed by atoms with Crippen LogP contribution in [0.15, 0.2) is 35.3 Å². The lowest BCUT2D eigenvalue weighted by molar-refractivity contribution is 0.820. The van der Waals surface area contributed by atoms with Crippen molar-refractivity contribution >= 4 is 35.7 Å². The summed E-state index contributed by atoms with van der Waals surface area (Å²) in [5.41, 5.74) is -0.104. The average molecular weight is 284 g/mol. The molecule has 17 heavy (non-hydrogen) atoms. The molecule has 0 amide bonds. The highest BCUT2D eigenvalue weighted by atomic mass is 32.2. The first-order valence-corrected chi connectivity index (χ1v) is 7.67. The first-order valence-electron chi connectivity index (χ1n) is 5.05. The fraction of sp³-hybridized carbons (Fsp3) is 0.273. The fourth-order valence-electron chi connectivity index (χ4n) is 1.37. The lowest BCUT2D eigenvalue weighted by atomic mass is 10.4. The molecule has 2 aromatic heterocycles. The molecule has 2 rings (SSSR count). The van der Waals surface area contributed by atoms with Gasteiger partial charge in [0.15, 0.2) is 0 Å². The Kier molecular flexibility index (Phi) is 4.31. The highest BCUT2D eigenvalue weighted by molar-refractivity contribution is 8.09. The summed E-state index contributed by atoms with van der Waals surface area (Å²) in [4.78, 5) is 12.8. The SMILES string of the molecule is CSC(S)Cc1ccc(-n2ncccc2=O)s1. The maximum absolute atomic E-state index is 11.6. The summed E-state index contributed by atoms with van der Waals surface area (Å²) in [6, 6.07) is 7.11. The summed E-state index contributed by atoms with van der Waals surface area (Å²) in [6.45, 7) is 0. The molecule has 0 saturated heterocycles. The predicted molar refractivity (Wildman–Crippen MR) is 77.7 cm³/mol. The molecule has 0 aliphatic heterocycles. The molecule has 2 heterocycles. The van der Waals surface area contributed by atoms with Crippen LogP contribution >= 0.6 is 35.7 Å². The Hall–Kier alpha value is -0.720. The third-order valence-corrected chi connectivity index (χ3v) is 4.83. The third kappa shape index (κ3) is 3.14. The topological polar surface area (TPSA) is 34.9 Å². The molecule has 1 unspecified atom stereocenters. The van der Waals surface area contributed by atoms with Gasteiger partial charge in [0.05, 0.1) is 4.58 Å². The van der Waals surface area contributed by atoms with Crippen LogP contribution in [0.4, 0.5) is 0 Å². The van der Waals surface area contributed by atoms with Gasteiger partial charge in [-0.25, -0.2) is 0 Å². The molecule has 90 valence electrons. The van der Waals surface area contributed by atoms with E-state index >= 15 is 0 Å². The van der Waals surface area contributed by atoms with E-state index in [4.69, 9.17) is 0 Å². The highest BCUT2D eigenvalue weighted by Crippen LogP contribution is 2.24. The highest BCUT2D eigenvalue weighted by Gasteiger charge is 2.07. The van der Waals surface area contributed by atoms with E-state index < -0.39 is 0 Å². The minimum Gasteiger partial charge on any atom is -0.267 e. The summed E-state index contributed by atoms with van der Waals surface area (Å²) in [5.74, 6) is 0. The molecule has 0 N–H and O–H groups in total. The van der Waals surface area contributed by atoms with Gasteiger partial charge in [-0.1, -0.05) is 0 Å². The lowest BCUT2D eigenvalue weighted by Crippen LogP contribution is -2.17. The molecule has 6 heteroatoms. The molecule has 0 fully saturated rings. The van der Waals surface area contributed by atoms with Gasteiger partial charge in [-0.3, -0.25) is 4.79 Å². The van der Waals surface area contributed by atoms with Gasteiger partial charge in [0.1, 0.15) is 5.00 Å². The number of nitrogens with zero attached hydrogens (tertiary/aromatic N) is 2. The first-order chi connectivity index (χ1) is 8.20. The molecule has 1 atom stereocenters. The number of thioether (sulfide) groups is 1. The Morgan fingerprint density at radius 3 is 3.06 bits per heavy atom. The summed E-state index contributed by atoms with van der Waals surface area (Å²) >= 11 is 7.74. The van der Waals surface area contributed by atoms with E-state index in [1.165, 1.54) is 15.6 Å². The van der Waals surface area contributed by atoms with E-state index in [9.17, 15) is 4.79 Å². The standard InChI is InChI=1S/C11H12N2OS3/c1-16-11(15)7-8-4-5-10(17-8)13-9(14)3-2-6-12-13/h2-6,11,15H,7H2,1H3. The largest absolute Gasteiger partial charge is 0.272 e. The zero-order valence-electron chi connectivity index (χ0n) is 9.24. The normalized spacial score (nSPS) is 12.6. The van der Waals surface area contributed by atoms with Gasteiger partial charge < -0.3 is 0 Å². The summed E-state index contributed by atoms with van der Waals surface area (Å²) in [7, 11) is 0. The van der Waals surface area contributed by atoms with Crippen LogP contribution in [0.25, 0.3) is 5.00 Å². The van der Waals surface area contributed by atoms with Crippen molar-refractivity contribution < 1.29 is 0 Å². The van der Waals surface area contributed by atoms with Crippen LogP contribution in [-0.2, 0) is 6.42 Å². The van der Waals surface area contributed by atoms with Crippen molar-refractivity contribution in [1.29, 1.82) is 0 Å². The smallest absolute Gasteiger partial charge is 0.267 e. The number of aromatic nitrogens is 2. The van der Waals surface area contributed by atoms with Crippen LogP contribution in [0.1, 0.15) is 4.88 Å². The van der Waals surface area contributed by atoms with Crippen LogP contribution in [0.5, 0.6) is 0 Å². The molecule has 0 aliphatic rings. The van der Waals surface area contributed by atoms with Gasteiger partial charge in [-0.05, 0) is 24.5 Å². The zero-order chi connectivity index (χ0) is 12.3. The van der Waals surface area contributed by atoms with Gasteiger partial charge in [-0.2, -0.15) is 34.2 Å². The quantitative estimate of drug-likeness (QED) is 0.692. The van der Waals surface area contributed by atoms with E-state index in [1.54, 1.807) is 35.4 Å². The Morgan fingerprint density at radius 2 is 2.35 bits per heavy atom. The molecule has 0 saturated carbocycles. The minimum atomic E-state index is -0.104. The zero-order valence-corrected chi connectivity index (χ0v) is 11.8. The van der Waals surface area contributed by atoms with E-state index in [0.29, 0.717) is 4.58 Å². The van der Waals surface area contributed by atoms with Crippen LogP contribution < -0.4 is 5.56 Å². The maximum atomic E-state index is 11.6. The average Bonchev–Trinajstić information content (AvgIpc) is 2.78. The van der Waals surface area contributed by atoms with Crippen molar-refractivity contribution in [3.8, 4) is 5.00 Å². The minimum absolute atomic E-state index is 0.104. The molecule has 0 aromatic carbocycles. The summed E-state index contributed by atoms with van der Waals surface area (Å²) < 4.78 is 1.71. The first kappa shape index (κ1) is 12.7. The van der Waals surface area contributed by atoms with Crippen molar-refractivity contribution in [3.05, 3.63) is 45.7 Å². The predicted octanol–water partition coefficient (Wildman–Crippen LogP) is 2.46. The monoisotopic (exact) mass is 284 g/mol. The van der Waals surface area contributed by atoms with Gasteiger partial charge in [0.2, 0.25) is 0 Å². The van der Waals surface area contributed by atoms with Gasteiger partial charge in [0, 0.05) is 23.6 Å². The Bertz CT molecular complexity index is 549. The van der Waals surface area contributed by atoms with Crippen molar-refractivity contribution in [2.45, 2.75) is 11.0 Å². The van der Waals surface area contributed by atoms with Crippen molar-refractivity contribution in [3.63, 3.8) is 0 Å². The van der Waals surface area contributed by atoms with Crippen molar-refractivity contribution in [2.24, 2.45) is 0 Å². The van der Waals surface area contributed by atoms with E-state index in [2.05, 4.69) is 17.7 Å². The third-order valence-electron chi connectivity index (χ3n) is 2.22. The fourth-order valence-corrected chi connectivity index (χ4v) is 3.16. The Balaban J connectivity index is 2.24. The van der Waals surface area contributed by atoms with Crippen molar-refractivity contribution in [2.75, 3.05) is 6.26 Å². The van der Waals surface area contributed by atoms with Crippen LogP contribution in [0.2, 0.25) is 0 Å². The van der Waals surface area contributed by atoms with E-state index in [0.717, 1.165) is 11.4 Å². The molecule has 0 radical (unpaired) electrons. The molecule has 2 aromatic rings. The second-order valence-corrected chi connectivity index (χ2v) is 6.57. The lowest BCUT2D eigenvalue weighted by Gasteiger charge is -2.03. The molecule has 0 aliphatic carbocycles. The summed E-state index contributed by atoms with van der Waals surface area (Å²) in [5, 5.41) is 4.91. The van der Waals surface area contributed by atoms with E-state index in [1.807, 2.05) is 18.4 Å². The van der Waals surface area contributed by atoms with E-state index in [-0.39, 0.29) is 5.56 Å². The maximum Gasteiger partial charge on any atom is 0.272 e. The number of thiophene rings is 1. The molecule has 3 nitrogen and oxygen atoms in total. The van der Waals surface area contributed by atoms with Crippen LogP contribution in [0, 0.1) is 0 Å². The Morgan fingerprint density at radius 1 is 1.53 bits per heavy atom. The molecule has 0 spiro atoms. The number of hydrogen-bond acceptors (Lipinski definition) is 5. The van der Waals surface area contributed by atoms with Crippen LogP contribution in [-0.4, -0.2) is 20.6 Å². The number of thiol groups is 1. The summed E-state index contributed by atoms with van der Waals surface area (Å²) in [6.07, 6.45) is 4.55. The number of rotatable bonds is 4.